The Morgan fingerprint density at radius 1 is 0.318 bits per heavy atom. The van der Waals surface area contributed by atoms with Crippen LogP contribution in [0.5, 0.6) is 0 Å². The number of esters is 4. The molecule has 0 amide bonds. The molecule has 0 rings (SSSR count). The summed E-state index contributed by atoms with van der Waals surface area (Å²) >= 11 is 0. The van der Waals surface area contributed by atoms with Crippen LogP contribution in [-0.4, -0.2) is 96.7 Å². The van der Waals surface area contributed by atoms with Crippen LogP contribution in [0.4, 0.5) is 0 Å². The second-order valence-corrected chi connectivity index (χ2v) is 29.5. The molecule has 0 aromatic carbocycles. The van der Waals surface area contributed by atoms with Gasteiger partial charge in [-0.05, 0) is 49.4 Å². The summed E-state index contributed by atoms with van der Waals surface area (Å²) in [5.41, 5.74) is 0. The zero-order chi connectivity index (χ0) is 65.4. The summed E-state index contributed by atoms with van der Waals surface area (Å²) in [6.45, 7) is 14.0. The van der Waals surface area contributed by atoms with Gasteiger partial charge in [-0.3, -0.25) is 37.3 Å². The highest BCUT2D eigenvalue weighted by Crippen LogP contribution is 2.45. The van der Waals surface area contributed by atoms with Crippen LogP contribution in [0, 0.1) is 23.7 Å². The van der Waals surface area contributed by atoms with Crippen molar-refractivity contribution in [1.82, 2.24) is 0 Å². The standard InChI is InChI=1S/C69H134O17P2/c1-9-62(8)48-40-32-27-28-36-44-52-69(74)86-65(56-80-67(72)50-42-34-25-20-19-23-31-39-47-61(6)7)58-84-88(77,78)82-54-63(70)53-81-87(75,76)83-57-64(55-79-66(71)49-41-33-24-18-14-16-22-30-38-46-60(4)5)85-68(73)51-43-35-26-17-13-11-10-12-15-21-29-37-45-59(2)3/h59-65,70H,9-58H2,1-8H3,(H,75,76)(H,77,78)/t62?,63?,64-,65-/m1/s1. The summed E-state index contributed by atoms with van der Waals surface area (Å²) in [6.07, 6.45) is 40.4. The van der Waals surface area contributed by atoms with E-state index in [0.29, 0.717) is 25.7 Å². The second-order valence-electron chi connectivity index (χ2n) is 26.6. The number of ether oxygens (including phenoxy) is 4. The van der Waals surface area contributed by atoms with Crippen LogP contribution in [0.2, 0.25) is 0 Å². The number of unbranched alkanes of at least 4 members (excludes halogenated alkanes) is 31. The lowest BCUT2D eigenvalue weighted by atomic mass is 10.00. The second kappa shape index (κ2) is 58.8. The van der Waals surface area contributed by atoms with Crippen molar-refractivity contribution in [2.45, 2.75) is 356 Å². The number of hydrogen-bond acceptors (Lipinski definition) is 15. The molecule has 0 bridgehead atoms. The third-order valence-corrected chi connectivity index (χ3v) is 18.1. The van der Waals surface area contributed by atoms with E-state index in [2.05, 4.69) is 55.4 Å². The fourth-order valence-electron chi connectivity index (χ4n) is 10.3. The molecule has 0 aliphatic heterocycles. The van der Waals surface area contributed by atoms with Crippen molar-refractivity contribution in [3.05, 3.63) is 0 Å². The Bertz CT molecular complexity index is 1750. The van der Waals surface area contributed by atoms with Crippen LogP contribution in [0.15, 0.2) is 0 Å². The molecule has 3 N–H and O–H groups in total. The maximum absolute atomic E-state index is 13.0. The molecular formula is C69H134O17P2. The van der Waals surface area contributed by atoms with Crippen molar-refractivity contribution in [2.75, 3.05) is 39.6 Å². The maximum Gasteiger partial charge on any atom is 0.472 e. The molecule has 0 fully saturated rings. The third-order valence-electron chi connectivity index (χ3n) is 16.2. The minimum absolute atomic E-state index is 0.102. The molecule has 6 atom stereocenters. The SMILES string of the molecule is CCC(C)CCCCCCCCC(=O)O[C@H](COC(=O)CCCCCCCCCCC(C)C)COP(=O)(O)OCC(O)COP(=O)(O)OC[C@@H](COC(=O)CCCCCCCCCCCC(C)C)OC(=O)CCCCCCCCCCCCCCC(C)C. The highest BCUT2D eigenvalue weighted by Gasteiger charge is 2.30. The highest BCUT2D eigenvalue weighted by atomic mass is 31.2. The van der Waals surface area contributed by atoms with Crippen LogP contribution >= 0.6 is 15.6 Å². The van der Waals surface area contributed by atoms with E-state index in [-0.39, 0.29) is 25.7 Å². The molecule has 0 aromatic heterocycles. The quantitative estimate of drug-likeness (QED) is 0.0222. The van der Waals surface area contributed by atoms with Crippen LogP contribution in [0.3, 0.4) is 0 Å². The molecule has 0 aliphatic carbocycles. The van der Waals surface area contributed by atoms with Gasteiger partial charge in [0.2, 0.25) is 0 Å². The molecule has 19 heteroatoms. The number of phosphoric acid groups is 2. The van der Waals surface area contributed by atoms with E-state index in [9.17, 15) is 43.2 Å². The lowest BCUT2D eigenvalue weighted by molar-refractivity contribution is -0.161. The van der Waals surface area contributed by atoms with Gasteiger partial charge in [-0.2, -0.15) is 0 Å². The molecule has 0 saturated carbocycles. The van der Waals surface area contributed by atoms with Crippen LogP contribution in [-0.2, 0) is 65.4 Å². The number of aliphatic hydroxyl groups is 1. The number of phosphoric ester groups is 2. The molecule has 0 spiro atoms. The predicted molar refractivity (Wildman–Crippen MR) is 354 cm³/mol. The van der Waals surface area contributed by atoms with Gasteiger partial charge in [0.05, 0.1) is 26.4 Å². The number of rotatable bonds is 66. The van der Waals surface area contributed by atoms with Crippen molar-refractivity contribution >= 4 is 39.5 Å². The molecule has 4 unspecified atom stereocenters. The zero-order valence-corrected chi connectivity index (χ0v) is 59.1. The number of carbonyl (C=O) groups is 4. The first-order valence-electron chi connectivity index (χ1n) is 35.7. The Morgan fingerprint density at radius 3 is 0.807 bits per heavy atom. The lowest BCUT2D eigenvalue weighted by Gasteiger charge is -2.21. The summed E-state index contributed by atoms with van der Waals surface area (Å²) in [5.74, 6) is 0.833. The zero-order valence-electron chi connectivity index (χ0n) is 57.3. The minimum atomic E-state index is -4.95. The Morgan fingerprint density at radius 2 is 0.545 bits per heavy atom. The highest BCUT2D eigenvalue weighted by molar-refractivity contribution is 7.47. The van der Waals surface area contributed by atoms with E-state index in [0.717, 1.165) is 114 Å². The first-order valence-corrected chi connectivity index (χ1v) is 38.7. The monoisotopic (exact) mass is 1300 g/mol. The summed E-state index contributed by atoms with van der Waals surface area (Å²) in [5, 5.41) is 10.6. The minimum Gasteiger partial charge on any atom is -0.462 e. The van der Waals surface area contributed by atoms with Crippen LogP contribution in [0.1, 0.15) is 338 Å². The van der Waals surface area contributed by atoms with Gasteiger partial charge in [0.1, 0.15) is 19.3 Å². The van der Waals surface area contributed by atoms with E-state index in [1.54, 1.807) is 0 Å². The van der Waals surface area contributed by atoms with Crippen LogP contribution < -0.4 is 0 Å². The molecule has 522 valence electrons. The Labute approximate surface area is 537 Å². The lowest BCUT2D eigenvalue weighted by Crippen LogP contribution is -2.30. The summed E-state index contributed by atoms with van der Waals surface area (Å²) in [7, 11) is -9.90. The Hall–Kier alpha value is -1.94. The first-order chi connectivity index (χ1) is 42.1. The van der Waals surface area contributed by atoms with Gasteiger partial charge in [0.25, 0.3) is 0 Å². The maximum atomic E-state index is 13.0. The molecular weight excluding hydrogens is 1160 g/mol. The van der Waals surface area contributed by atoms with E-state index in [1.807, 2.05) is 0 Å². The molecule has 17 nitrogen and oxygen atoms in total. The van der Waals surface area contributed by atoms with Gasteiger partial charge in [0, 0.05) is 25.7 Å². The van der Waals surface area contributed by atoms with Crippen molar-refractivity contribution in [1.29, 1.82) is 0 Å². The summed E-state index contributed by atoms with van der Waals surface area (Å²) in [6, 6.07) is 0. The molecule has 0 aliphatic rings. The topological polar surface area (TPSA) is 237 Å². The number of aliphatic hydroxyl groups excluding tert-OH is 1. The molecule has 0 radical (unpaired) electrons. The van der Waals surface area contributed by atoms with Crippen LogP contribution in [0.25, 0.3) is 0 Å². The fraction of sp³-hybridized carbons (Fsp3) is 0.942. The van der Waals surface area contributed by atoms with Gasteiger partial charge in [0.15, 0.2) is 12.2 Å². The summed E-state index contributed by atoms with van der Waals surface area (Å²) in [4.78, 5) is 72.5. The van der Waals surface area contributed by atoms with Gasteiger partial charge in [-0.25, -0.2) is 9.13 Å². The van der Waals surface area contributed by atoms with Crippen molar-refractivity contribution in [2.24, 2.45) is 23.7 Å². The average molecular weight is 1300 g/mol. The number of carbonyl (C=O) groups excluding carboxylic acids is 4. The smallest absolute Gasteiger partial charge is 0.462 e. The Balaban J connectivity index is 5.26. The third kappa shape index (κ3) is 61.6. The van der Waals surface area contributed by atoms with Gasteiger partial charge < -0.3 is 33.8 Å². The van der Waals surface area contributed by atoms with Crippen molar-refractivity contribution in [3.63, 3.8) is 0 Å². The predicted octanol–water partition coefficient (Wildman–Crippen LogP) is 19.3. The van der Waals surface area contributed by atoms with Gasteiger partial charge in [-0.1, -0.05) is 287 Å². The normalized spacial score (nSPS) is 14.6. The largest absolute Gasteiger partial charge is 0.472 e. The number of hydrogen-bond donors (Lipinski definition) is 3. The van der Waals surface area contributed by atoms with E-state index < -0.39 is 97.5 Å². The molecule has 0 saturated heterocycles. The van der Waals surface area contributed by atoms with E-state index in [1.165, 1.54) is 141 Å². The average Bonchev–Trinajstić information content (AvgIpc) is 3.69. The van der Waals surface area contributed by atoms with Gasteiger partial charge in [-0.15, -0.1) is 0 Å². The summed E-state index contributed by atoms with van der Waals surface area (Å²) < 4.78 is 68.2. The molecule has 0 heterocycles. The van der Waals surface area contributed by atoms with Crippen molar-refractivity contribution in [3.8, 4) is 0 Å². The van der Waals surface area contributed by atoms with Gasteiger partial charge >= 0.3 is 39.5 Å². The molecule has 88 heavy (non-hydrogen) atoms. The molecule has 0 aromatic rings. The fourth-order valence-corrected chi connectivity index (χ4v) is 11.9. The van der Waals surface area contributed by atoms with Crippen molar-refractivity contribution < 1.29 is 80.2 Å². The Kier molecular flexibility index (Phi) is 57.6. The first kappa shape index (κ1) is 86.1. The van der Waals surface area contributed by atoms with E-state index in [4.69, 9.17) is 37.0 Å². The van der Waals surface area contributed by atoms with E-state index >= 15 is 0 Å².